The van der Waals surface area contributed by atoms with Crippen molar-refractivity contribution in [3.05, 3.63) is 10.6 Å². The van der Waals surface area contributed by atoms with E-state index in [0.717, 1.165) is 0 Å². The number of amides is 1. The second-order valence-electron chi connectivity index (χ2n) is 10.5. The number of nitrogens with zero attached hydrogens (tertiary/aromatic N) is 1. The molecular formula is C24H34FN3O5S. The Balaban J connectivity index is 1.45. The summed E-state index contributed by atoms with van der Waals surface area (Å²) in [7, 11) is 0. The van der Waals surface area contributed by atoms with Crippen LogP contribution in [0.5, 0.6) is 0 Å². The van der Waals surface area contributed by atoms with Gasteiger partial charge in [-0.15, -0.1) is 11.8 Å². The van der Waals surface area contributed by atoms with Gasteiger partial charge in [0, 0.05) is 41.0 Å². The van der Waals surface area contributed by atoms with Gasteiger partial charge in [-0.1, -0.05) is 13.8 Å². The first kappa shape index (κ1) is 25.3. The molecule has 34 heavy (non-hydrogen) atoms. The minimum absolute atomic E-state index is 0.00252. The highest BCUT2D eigenvalue weighted by Gasteiger charge is 2.60. The fraction of sp³-hybridized carbons (Fsp3) is 0.750. The van der Waals surface area contributed by atoms with E-state index in [9.17, 15) is 28.7 Å². The van der Waals surface area contributed by atoms with Crippen LogP contribution in [0.1, 0.15) is 46.5 Å². The third kappa shape index (κ3) is 4.33. The number of carboxylic acids is 1. The van der Waals surface area contributed by atoms with E-state index in [1.54, 1.807) is 0 Å². The maximum absolute atomic E-state index is 13.4. The number of ketones is 2. The number of alkyl halides is 1. The van der Waals surface area contributed by atoms with Gasteiger partial charge in [-0.25, -0.2) is 4.79 Å². The number of fused-ring (bicyclic) bond motifs is 1. The highest BCUT2D eigenvalue weighted by atomic mass is 32.2. The van der Waals surface area contributed by atoms with Crippen LogP contribution in [0.25, 0.3) is 0 Å². The summed E-state index contributed by atoms with van der Waals surface area (Å²) in [5.74, 6) is -2.72. The van der Waals surface area contributed by atoms with Crippen molar-refractivity contribution in [2.75, 3.05) is 13.2 Å². The minimum Gasteiger partial charge on any atom is -0.477 e. The van der Waals surface area contributed by atoms with Crippen LogP contribution in [0.2, 0.25) is 0 Å². The minimum atomic E-state index is -1.13. The number of β-lactam (4-membered cyclic amide) rings is 1. The SMILES string of the molecule is CC(=O)C[C@H](C)[C@H]1C(=O)N2C(C(=O)O)=C(S[C@@H]3CN[C@H](C(=O)C4C[C@@H](N)C[C@H]4CF)C3)[C@H](C)[C@H]12. The summed E-state index contributed by atoms with van der Waals surface area (Å²) in [6, 6.07) is -0.800. The lowest BCUT2D eigenvalue weighted by molar-refractivity contribution is -0.160. The van der Waals surface area contributed by atoms with Gasteiger partial charge < -0.3 is 25.9 Å². The third-order valence-corrected chi connectivity index (χ3v) is 9.55. The van der Waals surface area contributed by atoms with Gasteiger partial charge >= 0.3 is 5.97 Å². The highest BCUT2D eigenvalue weighted by Crippen LogP contribution is 2.53. The normalized spacial score (nSPS) is 38.1. The van der Waals surface area contributed by atoms with E-state index in [-0.39, 0.29) is 70.1 Å². The molecule has 1 aliphatic carbocycles. The molecule has 0 aromatic carbocycles. The Morgan fingerprint density at radius 1 is 1.29 bits per heavy atom. The van der Waals surface area contributed by atoms with Gasteiger partial charge in [-0.05, 0) is 38.0 Å². The number of rotatable bonds is 9. The van der Waals surface area contributed by atoms with Crippen LogP contribution in [0.3, 0.4) is 0 Å². The number of aliphatic carboxylic acids is 1. The summed E-state index contributed by atoms with van der Waals surface area (Å²) >= 11 is 1.43. The first-order chi connectivity index (χ1) is 16.0. The standard InChI is InChI=1S/C24H34FN3O5S/c1-10(4-11(2)29)18-19-12(3)22(20(24(32)33)28(19)23(18)31)34-15-7-17(27-9-15)21(30)16-6-14(26)5-13(16)8-25/h10,12-19,27H,4-9,26H2,1-3H3,(H,32,33)/t10-,12+,13-,14-,15-,16?,17-,18+,19+/m0/s1. The smallest absolute Gasteiger partial charge is 0.353 e. The van der Waals surface area contributed by atoms with Gasteiger partial charge in [-0.3, -0.25) is 14.0 Å². The average molecular weight is 496 g/mol. The molecule has 0 spiro atoms. The van der Waals surface area contributed by atoms with Crippen LogP contribution >= 0.6 is 11.8 Å². The van der Waals surface area contributed by atoms with Gasteiger partial charge in [0.15, 0.2) is 5.78 Å². The second-order valence-corrected chi connectivity index (χ2v) is 11.8. The monoisotopic (exact) mass is 495 g/mol. The molecule has 9 atom stereocenters. The van der Waals surface area contributed by atoms with Crippen molar-refractivity contribution in [3.63, 3.8) is 0 Å². The Morgan fingerprint density at radius 2 is 2.00 bits per heavy atom. The van der Waals surface area contributed by atoms with Gasteiger partial charge in [0.05, 0.1) is 24.7 Å². The molecule has 4 N–H and O–H groups in total. The number of hydrogen-bond acceptors (Lipinski definition) is 7. The number of thioether (sulfide) groups is 1. The number of nitrogens with two attached hydrogens (primary N) is 1. The molecule has 2 saturated heterocycles. The maximum atomic E-state index is 13.4. The van der Waals surface area contributed by atoms with E-state index >= 15 is 0 Å². The highest BCUT2D eigenvalue weighted by molar-refractivity contribution is 8.03. The van der Waals surface area contributed by atoms with Crippen LogP contribution in [0.4, 0.5) is 4.39 Å². The molecule has 10 heteroatoms. The van der Waals surface area contributed by atoms with E-state index in [0.29, 0.717) is 37.1 Å². The van der Waals surface area contributed by atoms with Gasteiger partial charge in [0.1, 0.15) is 11.5 Å². The Morgan fingerprint density at radius 3 is 2.62 bits per heavy atom. The second kappa shape index (κ2) is 9.70. The molecule has 8 nitrogen and oxygen atoms in total. The first-order valence-electron chi connectivity index (χ1n) is 12.1. The molecule has 1 amide bonds. The van der Waals surface area contributed by atoms with Crippen LogP contribution in [-0.4, -0.2) is 70.0 Å². The zero-order chi connectivity index (χ0) is 24.9. The molecule has 0 bridgehead atoms. The van der Waals surface area contributed by atoms with Crippen molar-refractivity contribution < 1.29 is 28.7 Å². The lowest BCUT2D eigenvalue weighted by Crippen LogP contribution is -2.62. The zero-order valence-corrected chi connectivity index (χ0v) is 20.6. The van der Waals surface area contributed by atoms with Crippen molar-refractivity contribution in [1.29, 1.82) is 0 Å². The summed E-state index contributed by atoms with van der Waals surface area (Å²) in [6.45, 7) is 5.29. The predicted octanol–water partition coefficient (Wildman–Crippen LogP) is 1.73. The molecule has 0 aromatic heterocycles. The number of carbonyl (C=O) groups excluding carboxylic acids is 3. The van der Waals surface area contributed by atoms with Crippen molar-refractivity contribution in [1.82, 2.24) is 10.2 Å². The molecule has 1 unspecified atom stereocenters. The van der Waals surface area contributed by atoms with Crippen molar-refractivity contribution in [3.8, 4) is 0 Å². The molecule has 1 saturated carbocycles. The van der Waals surface area contributed by atoms with Crippen LogP contribution in [0.15, 0.2) is 10.6 Å². The lowest BCUT2D eigenvalue weighted by Gasteiger charge is -2.47. The summed E-state index contributed by atoms with van der Waals surface area (Å²) in [5, 5.41) is 13.1. The number of Topliss-reactive ketones (excluding diaryl/α,β-unsaturated/α-hetero) is 2. The summed E-state index contributed by atoms with van der Waals surface area (Å²) in [5.41, 5.74) is 6.00. The molecule has 0 radical (unpaired) electrons. The molecule has 4 aliphatic rings. The molecule has 3 aliphatic heterocycles. The Kier molecular flexibility index (Phi) is 7.22. The summed E-state index contributed by atoms with van der Waals surface area (Å²) in [4.78, 5) is 51.7. The number of hydrogen-bond donors (Lipinski definition) is 3. The van der Waals surface area contributed by atoms with E-state index in [2.05, 4.69) is 5.32 Å². The number of halogens is 1. The van der Waals surface area contributed by atoms with Gasteiger partial charge in [-0.2, -0.15) is 0 Å². The molecule has 3 fully saturated rings. The van der Waals surface area contributed by atoms with Gasteiger partial charge in [0.2, 0.25) is 5.91 Å². The average Bonchev–Trinajstić information content (AvgIpc) is 3.43. The van der Waals surface area contributed by atoms with Crippen LogP contribution in [0, 0.1) is 29.6 Å². The fourth-order valence-corrected chi connectivity index (χ4v) is 7.96. The lowest BCUT2D eigenvalue weighted by atomic mass is 9.73. The van der Waals surface area contributed by atoms with E-state index in [4.69, 9.17) is 5.73 Å². The largest absolute Gasteiger partial charge is 0.477 e. The molecule has 188 valence electrons. The van der Waals surface area contributed by atoms with Crippen molar-refractivity contribution >= 4 is 35.2 Å². The van der Waals surface area contributed by atoms with Crippen LogP contribution in [-0.2, 0) is 19.2 Å². The molecule has 0 aromatic rings. The summed E-state index contributed by atoms with van der Waals surface area (Å²) in [6.07, 6.45) is 1.85. The van der Waals surface area contributed by atoms with Crippen LogP contribution < -0.4 is 11.1 Å². The molecule has 3 heterocycles. The quantitative estimate of drug-likeness (QED) is 0.413. The maximum Gasteiger partial charge on any atom is 0.353 e. The number of carboxylic acid groups (broad SMARTS) is 1. The Hall–Kier alpha value is -1.78. The fourth-order valence-electron chi connectivity index (χ4n) is 6.48. The Labute approximate surface area is 203 Å². The van der Waals surface area contributed by atoms with Crippen molar-refractivity contribution in [2.24, 2.45) is 35.3 Å². The molecule has 4 rings (SSSR count). The molecular weight excluding hydrogens is 461 g/mol. The topological polar surface area (TPSA) is 130 Å². The van der Waals surface area contributed by atoms with Gasteiger partial charge in [0.25, 0.3) is 0 Å². The van der Waals surface area contributed by atoms with E-state index < -0.39 is 18.7 Å². The number of nitrogens with one attached hydrogen (secondary N) is 1. The Bertz CT molecular complexity index is 926. The van der Waals surface area contributed by atoms with E-state index in [1.807, 2.05) is 13.8 Å². The zero-order valence-electron chi connectivity index (χ0n) is 19.8. The first-order valence-corrected chi connectivity index (χ1v) is 13.0. The number of carbonyl (C=O) groups is 4. The summed E-state index contributed by atoms with van der Waals surface area (Å²) < 4.78 is 13.4. The van der Waals surface area contributed by atoms with E-state index in [1.165, 1.54) is 23.6 Å². The predicted molar refractivity (Wildman–Crippen MR) is 125 cm³/mol. The third-order valence-electron chi connectivity index (χ3n) is 8.04. The van der Waals surface area contributed by atoms with Crippen molar-refractivity contribution in [2.45, 2.75) is 69.8 Å².